The number of benzene rings is 2. The molecule has 2 N–H and O–H groups in total. The molecule has 2 aromatic carbocycles. The number of para-hydroxylation sites is 1. The minimum Gasteiger partial charge on any atom is -0.322 e. The quantitative estimate of drug-likeness (QED) is 0.552. The van der Waals surface area contributed by atoms with Crippen molar-refractivity contribution >= 4 is 34.1 Å². The molecule has 0 radical (unpaired) electrons. The highest BCUT2D eigenvalue weighted by Gasteiger charge is 2.12. The maximum absolute atomic E-state index is 13.3. The van der Waals surface area contributed by atoms with Crippen molar-refractivity contribution in [2.75, 3.05) is 10.6 Å². The number of amides is 1. The molecule has 4 aromatic rings. The van der Waals surface area contributed by atoms with E-state index in [0.717, 1.165) is 16.6 Å². The van der Waals surface area contributed by atoms with E-state index in [1.54, 1.807) is 25.3 Å². The minimum atomic E-state index is -0.449. The van der Waals surface area contributed by atoms with Gasteiger partial charge in [0, 0.05) is 23.0 Å². The fourth-order valence-electron chi connectivity index (χ4n) is 2.83. The molecule has 0 saturated heterocycles. The molecule has 6 nitrogen and oxygen atoms in total. The Hall–Kier alpha value is -3.87. The number of fused-ring (bicyclic) bond motifs is 1. The Balaban J connectivity index is 1.62. The molecule has 4 rings (SSSR count). The van der Waals surface area contributed by atoms with E-state index in [4.69, 9.17) is 0 Å². The van der Waals surface area contributed by atoms with Crippen molar-refractivity contribution in [3.05, 3.63) is 84.1 Å². The van der Waals surface area contributed by atoms with E-state index in [2.05, 4.69) is 25.6 Å². The molecule has 28 heavy (non-hydrogen) atoms. The fraction of sp³-hybridized carbons (Fsp3) is 0.0476. The third-order valence-corrected chi connectivity index (χ3v) is 4.05. The highest BCUT2D eigenvalue weighted by molar-refractivity contribution is 6.03. The van der Waals surface area contributed by atoms with Crippen LogP contribution in [-0.4, -0.2) is 20.9 Å². The lowest BCUT2D eigenvalue weighted by Crippen LogP contribution is -2.15. The van der Waals surface area contributed by atoms with Crippen molar-refractivity contribution in [2.45, 2.75) is 6.92 Å². The second-order valence-electron chi connectivity index (χ2n) is 6.19. The summed E-state index contributed by atoms with van der Waals surface area (Å²) in [5.74, 6) is -0.597. The van der Waals surface area contributed by atoms with Gasteiger partial charge >= 0.3 is 0 Å². The van der Waals surface area contributed by atoms with Crippen molar-refractivity contribution in [2.24, 2.45) is 0 Å². The van der Waals surface area contributed by atoms with Crippen molar-refractivity contribution < 1.29 is 9.18 Å². The molecular formula is C21H16FN5O. The number of hydrogen-bond donors (Lipinski definition) is 2. The van der Waals surface area contributed by atoms with E-state index in [-0.39, 0.29) is 11.6 Å². The first kappa shape index (κ1) is 17.5. The van der Waals surface area contributed by atoms with Gasteiger partial charge in [-0.05, 0) is 43.3 Å². The molecule has 2 heterocycles. The molecule has 0 unspecified atom stereocenters. The van der Waals surface area contributed by atoms with Crippen LogP contribution in [-0.2, 0) is 0 Å². The predicted octanol–water partition coefficient (Wildman–Crippen LogP) is 4.47. The monoisotopic (exact) mass is 373 g/mol. The number of carbonyl (C=O) groups is 1. The van der Waals surface area contributed by atoms with Gasteiger partial charge in [0.2, 0.25) is 5.95 Å². The number of aryl methyl sites for hydroxylation is 1. The number of halogens is 1. The summed E-state index contributed by atoms with van der Waals surface area (Å²) in [6.07, 6.45) is 1.71. The van der Waals surface area contributed by atoms with Crippen LogP contribution in [0.4, 0.5) is 21.7 Å². The van der Waals surface area contributed by atoms with Gasteiger partial charge in [0.25, 0.3) is 5.91 Å². The highest BCUT2D eigenvalue weighted by atomic mass is 19.1. The average Bonchev–Trinajstić information content (AvgIpc) is 2.68. The summed E-state index contributed by atoms with van der Waals surface area (Å²) in [4.78, 5) is 25.6. The van der Waals surface area contributed by atoms with Gasteiger partial charge < -0.3 is 10.6 Å². The van der Waals surface area contributed by atoms with Crippen LogP contribution >= 0.6 is 0 Å². The van der Waals surface area contributed by atoms with Gasteiger partial charge in [-0.3, -0.25) is 9.78 Å². The zero-order chi connectivity index (χ0) is 19.5. The lowest BCUT2D eigenvalue weighted by molar-refractivity contribution is 0.102. The highest BCUT2D eigenvalue weighted by Crippen LogP contribution is 2.23. The molecular weight excluding hydrogens is 357 g/mol. The number of nitrogens with one attached hydrogen (secondary N) is 2. The van der Waals surface area contributed by atoms with Crippen LogP contribution in [0.15, 0.2) is 66.9 Å². The van der Waals surface area contributed by atoms with Gasteiger partial charge in [-0.1, -0.05) is 24.3 Å². The van der Waals surface area contributed by atoms with E-state index in [1.165, 1.54) is 18.2 Å². The second kappa shape index (κ2) is 7.40. The van der Waals surface area contributed by atoms with E-state index in [0.29, 0.717) is 11.4 Å². The van der Waals surface area contributed by atoms with Gasteiger partial charge in [0.15, 0.2) is 0 Å². The smallest absolute Gasteiger partial charge is 0.274 e. The van der Waals surface area contributed by atoms with Crippen LogP contribution < -0.4 is 10.6 Å². The maximum Gasteiger partial charge on any atom is 0.274 e. The van der Waals surface area contributed by atoms with E-state index >= 15 is 0 Å². The molecule has 0 aliphatic heterocycles. The number of rotatable bonds is 4. The Bertz CT molecular complexity index is 1170. The van der Waals surface area contributed by atoms with E-state index in [9.17, 15) is 9.18 Å². The third kappa shape index (κ3) is 3.78. The first-order valence-electron chi connectivity index (χ1n) is 8.62. The number of aromatic nitrogens is 3. The second-order valence-corrected chi connectivity index (χ2v) is 6.19. The Labute approximate surface area is 160 Å². The van der Waals surface area contributed by atoms with Gasteiger partial charge in [-0.25, -0.2) is 14.4 Å². The summed E-state index contributed by atoms with van der Waals surface area (Å²) in [7, 11) is 0. The molecule has 0 spiro atoms. The Morgan fingerprint density at radius 1 is 1.00 bits per heavy atom. The number of hydrogen-bond acceptors (Lipinski definition) is 5. The Morgan fingerprint density at radius 3 is 2.68 bits per heavy atom. The van der Waals surface area contributed by atoms with Gasteiger partial charge in [-0.15, -0.1) is 0 Å². The standard InChI is InChI=1S/C21H16FN5O/c1-13-11-18(20(28)25-16-8-3-7-15(22)12-16)27-21(24-13)26-17-9-2-5-14-6-4-10-23-19(14)17/h2-12H,1H3,(H,25,28)(H,24,26,27). The summed E-state index contributed by atoms with van der Waals surface area (Å²) < 4.78 is 13.3. The SMILES string of the molecule is Cc1cc(C(=O)Nc2cccc(F)c2)nc(Nc2cccc3cccnc23)n1. The zero-order valence-electron chi connectivity index (χ0n) is 15.0. The minimum absolute atomic E-state index is 0.174. The lowest BCUT2D eigenvalue weighted by atomic mass is 10.2. The topological polar surface area (TPSA) is 79.8 Å². The zero-order valence-corrected chi connectivity index (χ0v) is 15.0. The molecule has 1 amide bonds. The molecule has 0 aliphatic carbocycles. The molecule has 0 bridgehead atoms. The van der Waals surface area contributed by atoms with Crippen molar-refractivity contribution in [1.29, 1.82) is 0 Å². The summed E-state index contributed by atoms with van der Waals surface area (Å²) in [6, 6.07) is 16.8. The van der Waals surface area contributed by atoms with E-state index in [1.807, 2.05) is 30.3 Å². The molecule has 0 aliphatic rings. The van der Waals surface area contributed by atoms with Crippen LogP contribution in [0.2, 0.25) is 0 Å². The van der Waals surface area contributed by atoms with Crippen LogP contribution in [0.3, 0.4) is 0 Å². The molecule has 0 atom stereocenters. The Morgan fingerprint density at radius 2 is 1.82 bits per heavy atom. The largest absolute Gasteiger partial charge is 0.322 e. The predicted molar refractivity (Wildman–Crippen MR) is 106 cm³/mol. The van der Waals surface area contributed by atoms with Gasteiger partial charge in [0.1, 0.15) is 11.5 Å². The lowest BCUT2D eigenvalue weighted by Gasteiger charge is -2.10. The van der Waals surface area contributed by atoms with Crippen LogP contribution in [0.25, 0.3) is 10.9 Å². The summed E-state index contributed by atoms with van der Waals surface area (Å²) in [5.41, 5.74) is 2.66. The number of pyridine rings is 1. The Kier molecular flexibility index (Phi) is 4.63. The van der Waals surface area contributed by atoms with Crippen LogP contribution in [0.5, 0.6) is 0 Å². The third-order valence-electron chi connectivity index (χ3n) is 4.05. The van der Waals surface area contributed by atoms with Gasteiger partial charge in [-0.2, -0.15) is 0 Å². The first-order chi connectivity index (χ1) is 13.6. The van der Waals surface area contributed by atoms with Crippen LogP contribution in [0, 0.1) is 12.7 Å². The maximum atomic E-state index is 13.3. The van der Waals surface area contributed by atoms with Gasteiger partial charge in [0.05, 0.1) is 11.2 Å². The fourth-order valence-corrected chi connectivity index (χ4v) is 2.83. The van der Waals surface area contributed by atoms with E-state index < -0.39 is 11.7 Å². The van der Waals surface area contributed by atoms with Crippen molar-refractivity contribution in [3.63, 3.8) is 0 Å². The summed E-state index contributed by atoms with van der Waals surface area (Å²) in [5, 5.41) is 6.75. The van der Waals surface area contributed by atoms with Crippen molar-refractivity contribution in [1.82, 2.24) is 15.0 Å². The average molecular weight is 373 g/mol. The number of carbonyl (C=O) groups excluding carboxylic acids is 1. The van der Waals surface area contributed by atoms with Crippen molar-refractivity contribution in [3.8, 4) is 0 Å². The molecule has 0 fully saturated rings. The molecule has 0 saturated carbocycles. The molecule has 2 aromatic heterocycles. The van der Waals surface area contributed by atoms with Crippen LogP contribution in [0.1, 0.15) is 16.2 Å². The molecule has 7 heteroatoms. The number of nitrogens with zero attached hydrogens (tertiary/aromatic N) is 3. The number of anilines is 3. The summed E-state index contributed by atoms with van der Waals surface area (Å²) in [6.45, 7) is 1.77. The molecule has 138 valence electrons. The normalized spacial score (nSPS) is 10.6. The summed E-state index contributed by atoms with van der Waals surface area (Å²) >= 11 is 0. The first-order valence-corrected chi connectivity index (χ1v) is 8.62.